The predicted octanol–water partition coefficient (Wildman–Crippen LogP) is 14.4. The van der Waals surface area contributed by atoms with E-state index in [9.17, 15) is 0 Å². The quantitative estimate of drug-likeness (QED) is 0.175. The molecule has 0 N–H and O–H groups in total. The van der Waals surface area contributed by atoms with Gasteiger partial charge in [-0.05, 0) is 65.7 Å². The Labute approximate surface area is 335 Å². The van der Waals surface area contributed by atoms with E-state index < -0.39 is 0 Å². The molecule has 6 heteroatoms. The van der Waals surface area contributed by atoms with Crippen LogP contribution in [-0.2, 0) is 0 Å². The van der Waals surface area contributed by atoms with Crippen LogP contribution in [0.4, 0.5) is 0 Å². The fraction of sp³-hybridized carbons (Fsp3) is 0. The molecule has 0 aliphatic carbocycles. The van der Waals surface area contributed by atoms with Crippen LogP contribution < -0.4 is 0 Å². The third kappa shape index (κ3) is 5.15. The fourth-order valence-electron chi connectivity index (χ4n) is 8.44. The third-order valence-electron chi connectivity index (χ3n) is 11.1. The molecule has 57 heavy (non-hydrogen) atoms. The maximum Gasteiger partial charge on any atom is 0.164 e. The molecular formula is C51H30N4S2. The van der Waals surface area contributed by atoms with Gasteiger partial charge >= 0.3 is 0 Å². The monoisotopic (exact) mass is 762 g/mol. The van der Waals surface area contributed by atoms with Crippen molar-refractivity contribution in [1.82, 2.24) is 19.5 Å². The average molecular weight is 763 g/mol. The van der Waals surface area contributed by atoms with Crippen molar-refractivity contribution >= 4 is 84.8 Å². The summed E-state index contributed by atoms with van der Waals surface area (Å²) in [7, 11) is 0. The summed E-state index contributed by atoms with van der Waals surface area (Å²) in [4.78, 5) is 15.2. The van der Waals surface area contributed by atoms with Crippen molar-refractivity contribution in [2.24, 2.45) is 0 Å². The molecule has 4 heterocycles. The second-order valence-electron chi connectivity index (χ2n) is 14.4. The average Bonchev–Trinajstić information content (AvgIpc) is 3.96. The van der Waals surface area contributed by atoms with Crippen molar-refractivity contribution in [2.75, 3.05) is 0 Å². The lowest BCUT2D eigenvalue weighted by Crippen LogP contribution is -2.00. The number of hydrogen-bond acceptors (Lipinski definition) is 5. The van der Waals surface area contributed by atoms with E-state index in [4.69, 9.17) is 15.0 Å². The van der Waals surface area contributed by atoms with Crippen molar-refractivity contribution in [3.8, 4) is 51.0 Å². The smallest absolute Gasteiger partial charge is 0.164 e. The Bertz CT molecular complexity index is 3450. The fourth-order valence-corrected chi connectivity index (χ4v) is 10.8. The van der Waals surface area contributed by atoms with Crippen molar-refractivity contribution in [2.45, 2.75) is 0 Å². The summed E-state index contributed by atoms with van der Waals surface area (Å²) < 4.78 is 7.50. The van der Waals surface area contributed by atoms with Crippen molar-refractivity contribution in [3.63, 3.8) is 0 Å². The second-order valence-corrected chi connectivity index (χ2v) is 16.5. The second kappa shape index (κ2) is 12.8. The molecule has 266 valence electrons. The Morgan fingerprint density at radius 1 is 0.351 bits per heavy atom. The van der Waals surface area contributed by atoms with Gasteiger partial charge in [0.15, 0.2) is 17.5 Å². The van der Waals surface area contributed by atoms with Crippen LogP contribution in [-0.4, -0.2) is 19.5 Å². The molecule has 0 atom stereocenters. The highest BCUT2D eigenvalue weighted by Crippen LogP contribution is 2.45. The first-order chi connectivity index (χ1) is 28.2. The van der Waals surface area contributed by atoms with Crippen LogP contribution in [0.25, 0.3) is 113 Å². The van der Waals surface area contributed by atoms with E-state index in [0.717, 1.165) is 27.8 Å². The lowest BCUT2D eigenvalue weighted by atomic mass is 9.99. The highest BCUT2D eigenvalue weighted by molar-refractivity contribution is 7.27. The molecule has 0 fully saturated rings. The number of benzene rings is 8. The first-order valence-corrected chi connectivity index (χ1v) is 20.7. The maximum atomic E-state index is 5.13. The molecule has 0 radical (unpaired) electrons. The van der Waals surface area contributed by atoms with E-state index in [2.05, 4.69) is 150 Å². The largest absolute Gasteiger partial charge is 0.309 e. The molecule has 12 rings (SSSR count). The summed E-state index contributed by atoms with van der Waals surface area (Å²) in [6.07, 6.45) is 0. The zero-order valence-corrected chi connectivity index (χ0v) is 32.1. The van der Waals surface area contributed by atoms with Gasteiger partial charge in [-0.1, -0.05) is 127 Å². The Morgan fingerprint density at radius 2 is 0.947 bits per heavy atom. The predicted molar refractivity (Wildman–Crippen MR) is 242 cm³/mol. The molecule has 0 spiro atoms. The van der Waals surface area contributed by atoms with E-state index in [1.54, 1.807) is 0 Å². The van der Waals surface area contributed by atoms with Gasteiger partial charge in [-0.2, -0.15) is 0 Å². The molecule has 8 aromatic carbocycles. The van der Waals surface area contributed by atoms with Gasteiger partial charge in [0.2, 0.25) is 0 Å². The normalized spacial score (nSPS) is 11.9. The zero-order valence-electron chi connectivity index (χ0n) is 30.4. The van der Waals surface area contributed by atoms with Crippen LogP contribution in [0.5, 0.6) is 0 Å². The van der Waals surface area contributed by atoms with Gasteiger partial charge in [0.1, 0.15) is 0 Å². The van der Waals surface area contributed by atoms with E-state index >= 15 is 0 Å². The van der Waals surface area contributed by atoms with E-state index in [-0.39, 0.29) is 0 Å². The van der Waals surface area contributed by atoms with Crippen LogP contribution in [0.1, 0.15) is 0 Å². The third-order valence-corrected chi connectivity index (χ3v) is 13.4. The number of aromatic nitrogens is 4. The number of nitrogens with zero attached hydrogens (tertiary/aromatic N) is 4. The molecule has 0 aliphatic heterocycles. The van der Waals surface area contributed by atoms with Crippen LogP contribution >= 0.6 is 22.7 Å². The SMILES string of the molecule is c1ccc(-c2nc(-c3ccccc3)nc(-c3cccc4sc5ccc(-c6ccc7c(c6)c6c8sc9ccccc9c8ccc6n7-c6ccccc6)cc5c34)n2)cc1. The topological polar surface area (TPSA) is 43.6 Å². The Kier molecular flexibility index (Phi) is 7.24. The van der Waals surface area contributed by atoms with E-state index in [0.29, 0.717) is 17.5 Å². The molecule has 0 bridgehead atoms. The highest BCUT2D eigenvalue weighted by Gasteiger charge is 2.20. The molecule has 4 nitrogen and oxygen atoms in total. The Balaban J connectivity index is 1.08. The van der Waals surface area contributed by atoms with Crippen LogP contribution in [0.15, 0.2) is 182 Å². The van der Waals surface area contributed by atoms with Gasteiger partial charge in [0.25, 0.3) is 0 Å². The molecule has 12 aromatic rings. The highest BCUT2D eigenvalue weighted by atomic mass is 32.1. The minimum absolute atomic E-state index is 0.660. The molecule has 0 aliphatic rings. The minimum atomic E-state index is 0.660. The molecule has 4 aromatic heterocycles. The Hall–Kier alpha value is -6.99. The van der Waals surface area contributed by atoms with Gasteiger partial charge in [-0.25, -0.2) is 15.0 Å². The number of hydrogen-bond donors (Lipinski definition) is 0. The summed E-state index contributed by atoms with van der Waals surface area (Å²) >= 11 is 3.70. The number of rotatable bonds is 5. The summed E-state index contributed by atoms with van der Waals surface area (Å²) in [6.45, 7) is 0. The van der Waals surface area contributed by atoms with Crippen LogP contribution in [0.2, 0.25) is 0 Å². The number of fused-ring (bicyclic) bond motifs is 10. The van der Waals surface area contributed by atoms with Crippen LogP contribution in [0.3, 0.4) is 0 Å². The first kappa shape index (κ1) is 32.3. The maximum absolute atomic E-state index is 5.13. The summed E-state index contributed by atoms with van der Waals surface area (Å²) in [5.41, 5.74) is 8.86. The van der Waals surface area contributed by atoms with Crippen molar-refractivity contribution < 1.29 is 0 Å². The van der Waals surface area contributed by atoms with Gasteiger partial charge < -0.3 is 4.57 Å². The van der Waals surface area contributed by atoms with Crippen LogP contribution in [0, 0.1) is 0 Å². The molecular weight excluding hydrogens is 733 g/mol. The van der Waals surface area contributed by atoms with E-state index in [1.807, 2.05) is 59.1 Å². The minimum Gasteiger partial charge on any atom is -0.309 e. The number of para-hydroxylation sites is 1. The first-order valence-electron chi connectivity index (χ1n) is 19.0. The van der Waals surface area contributed by atoms with Gasteiger partial charge in [-0.3, -0.25) is 0 Å². The number of thiophene rings is 2. The standard InChI is InChI=1S/C51H30N4S2/c1-4-13-31(14-5-1)49-52-50(32-15-6-2-7-16-32)54-51(53-49)38-20-12-22-45-46(38)40-30-34(24-28-44(40)56-45)33-23-26-41-39(29-33)47-42(55(41)35-17-8-3-9-18-35)27-25-37-36-19-10-11-21-43(36)57-48(37)47/h1-30H. The molecule has 0 unspecified atom stereocenters. The van der Waals surface area contributed by atoms with Crippen molar-refractivity contribution in [1.29, 1.82) is 0 Å². The van der Waals surface area contributed by atoms with Gasteiger partial charge in [-0.15, -0.1) is 22.7 Å². The zero-order chi connectivity index (χ0) is 37.5. The van der Waals surface area contributed by atoms with Gasteiger partial charge in [0.05, 0.1) is 11.0 Å². The summed E-state index contributed by atoms with van der Waals surface area (Å²) in [5.74, 6) is 1.99. The Morgan fingerprint density at radius 3 is 1.70 bits per heavy atom. The molecule has 0 saturated carbocycles. The van der Waals surface area contributed by atoms with Gasteiger partial charge in [0, 0.05) is 73.5 Å². The summed E-state index contributed by atoms with van der Waals surface area (Å²) in [6, 6.07) is 64.9. The lowest BCUT2D eigenvalue weighted by Gasteiger charge is -2.10. The lowest BCUT2D eigenvalue weighted by molar-refractivity contribution is 1.08. The summed E-state index contributed by atoms with van der Waals surface area (Å²) in [5, 5.41) is 7.54. The van der Waals surface area contributed by atoms with Crippen molar-refractivity contribution in [3.05, 3.63) is 182 Å². The molecule has 0 amide bonds. The van der Waals surface area contributed by atoms with E-state index in [1.165, 1.54) is 67.9 Å². The molecule has 0 saturated heterocycles.